The largest absolute Gasteiger partial charge is 0.364 e. The van der Waals surface area contributed by atoms with Crippen LogP contribution in [0.15, 0.2) is 24.3 Å². The highest BCUT2D eigenvalue weighted by Crippen LogP contribution is 2.27. The lowest BCUT2D eigenvalue weighted by atomic mass is 10.1. The summed E-state index contributed by atoms with van der Waals surface area (Å²) in [4.78, 5) is 10.4. The summed E-state index contributed by atoms with van der Waals surface area (Å²) in [6, 6.07) is 5.40. The molecule has 2 N–H and O–H groups in total. The zero-order chi connectivity index (χ0) is 10.1. The van der Waals surface area contributed by atoms with Crippen LogP contribution in [0.3, 0.4) is 0 Å². The Bertz CT molecular complexity index is 319. The van der Waals surface area contributed by atoms with Gasteiger partial charge < -0.3 is 5.73 Å². The first kappa shape index (κ1) is 9.64. The van der Waals surface area contributed by atoms with E-state index in [-0.39, 0.29) is 5.56 Å². The Hall–Kier alpha value is -1.45. The first-order chi connectivity index (χ1) is 5.94. The maximum Gasteiger partial charge on any atom is 0.349 e. The molecule has 13 heavy (non-hydrogen) atoms. The van der Waals surface area contributed by atoms with Crippen LogP contribution in [-0.4, -0.2) is 5.91 Å². The molecule has 0 saturated heterocycles. The van der Waals surface area contributed by atoms with Crippen LogP contribution in [0, 0.1) is 6.92 Å². The van der Waals surface area contributed by atoms with Crippen molar-refractivity contribution in [3.8, 4) is 0 Å². The summed E-state index contributed by atoms with van der Waals surface area (Å²) in [6.07, 6.45) is 0. The fourth-order valence-corrected chi connectivity index (χ4v) is 0.905. The van der Waals surface area contributed by atoms with Gasteiger partial charge in [0.2, 0.25) is 0 Å². The molecule has 2 nitrogen and oxygen atoms in total. The molecule has 1 aromatic carbocycles. The van der Waals surface area contributed by atoms with Crippen LogP contribution < -0.4 is 5.73 Å². The van der Waals surface area contributed by atoms with E-state index in [1.165, 1.54) is 24.3 Å². The number of hydrogen-bond donors (Lipinski definition) is 1. The van der Waals surface area contributed by atoms with Gasteiger partial charge in [0.1, 0.15) is 0 Å². The fraction of sp³-hybridized carbons (Fsp3) is 0.222. The molecule has 0 unspecified atom stereocenters. The van der Waals surface area contributed by atoms with Crippen molar-refractivity contribution in [3.63, 3.8) is 0 Å². The van der Waals surface area contributed by atoms with E-state index < -0.39 is 11.8 Å². The monoisotopic (exact) mass is 185 g/mol. The van der Waals surface area contributed by atoms with E-state index in [1.54, 1.807) is 6.92 Å². The third-order valence-electron chi connectivity index (χ3n) is 1.72. The van der Waals surface area contributed by atoms with E-state index >= 15 is 0 Å². The van der Waals surface area contributed by atoms with Gasteiger partial charge in [-0.25, -0.2) is 0 Å². The smallest absolute Gasteiger partial charge is 0.349 e. The lowest BCUT2D eigenvalue weighted by molar-refractivity contribution is -0.143. The number of hydrogen-bond acceptors (Lipinski definition) is 1. The van der Waals surface area contributed by atoms with Crippen molar-refractivity contribution in [1.82, 2.24) is 0 Å². The van der Waals surface area contributed by atoms with Gasteiger partial charge in [-0.1, -0.05) is 29.8 Å². The predicted octanol–water partition coefficient (Wildman–Crippen LogP) is 1.57. The second-order valence-corrected chi connectivity index (χ2v) is 2.80. The van der Waals surface area contributed by atoms with Crippen molar-refractivity contribution in [2.45, 2.75) is 12.8 Å². The van der Waals surface area contributed by atoms with Gasteiger partial charge in [-0.3, -0.25) is 4.79 Å². The van der Waals surface area contributed by atoms with Gasteiger partial charge in [-0.05, 0) is 6.92 Å². The van der Waals surface area contributed by atoms with Crippen molar-refractivity contribution >= 4 is 5.91 Å². The summed E-state index contributed by atoms with van der Waals surface area (Å²) >= 11 is 0. The quantitative estimate of drug-likeness (QED) is 0.746. The molecule has 0 atom stereocenters. The molecular formula is C9H9F2NO. The highest BCUT2D eigenvalue weighted by Gasteiger charge is 2.38. The maximum atomic E-state index is 12.9. The van der Waals surface area contributed by atoms with Crippen LogP contribution in [0.2, 0.25) is 0 Å². The SMILES string of the molecule is Cc1ccc(C(F)(F)C(N)=O)cc1. The first-order valence-corrected chi connectivity index (χ1v) is 3.69. The molecule has 1 amide bonds. The van der Waals surface area contributed by atoms with Crippen LogP contribution in [0.4, 0.5) is 8.78 Å². The minimum atomic E-state index is -3.58. The van der Waals surface area contributed by atoms with E-state index in [9.17, 15) is 13.6 Å². The van der Waals surface area contributed by atoms with Crippen LogP contribution in [0.5, 0.6) is 0 Å². The number of amides is 1. The van der Waals surface area contributed by atoms with Crippen molar-refractivity contribution < 1.29 is 13.6 Å². The topological polar surface area (TPSA) is 43.1 Å². The average Bonchev–Trinajstić information content (AvgIpc) is 2.04. The number of carbonyl (C=O) groups is 1. The maximum absolute atomic E-state index is 12.9. The van der Waals surface area contributed by atoms with Crippen molar-refractivity contribution in [1.29, 1.82) is 0 Å². The second-order valence-electron chi connectivity index (χ2n) is 2.80. The number of alkyl halides is 2. The molecule has 0 bridgehead atoms. The highest BCUT2D eigenvalue weighted by molar-refractivity contribution is 5.83. The molecule has 0 saturated carbocycles. The molecule has 0 fully saturated rings. The van der Waals surface area contributed by atoms with Gasteiger partial charge in [-0.2, -0.15) is 8.78 Å². The Morgan fingerprint density at radius 2 is 1.77 bits per heavy atom. The fourth-order valence-electron chi connectivity index (χ4n) is 0.905. The molecule has 0 aromatic heterocycles. The summed E-state index contributed by atoms with van der Waals surface area (Å²) in [6.45, 7) is 1.77. The van der Waals surface area contributed by atoms with E-state index in [4.69, 9.17) is 0 Å². The molecule has 0 spiro atoms. The number of primary amides is 1. The average molecular weight is 185 g/mol. The molecule has 0 aliphatic heterocycles. The summed E-state index contributed by atoms with van der Waals surface area (Å²) < 4.78 is 25.9. The zero-order valence-corrected chi connectivity index (χ0v) is 7.05. The van der Waals surface area contributed by atoms with Gasteiger partial charge in [0.05, 0.1) is 0 Å². The number of halogens is 2. The van der Waals surface area contributed by atoms with Crippen LogP contribution >= 0.6 is 0 Å². The van der Waals surface area contributed by atoms with Crippen molar-refractivity contribution in [2.75, 3.05) is 0 Å². The predicted molar refractivity (Wildman–Crippen MR) is 44.3 cm³/mol. The standard InChI is InChI=1S/C9H9F2NO/c1-6-2-4-7(5-3-6)9(10,11)8(12)13/h2-5H,1H3,(H2,12,13). The number of benzene rings is 1. The molecule has 0 heterocycles. The number of carbonyl (C=O) groups excluding carboxylic acids is 1. The van der Waals surface area contributed by atoms with Crippen molar-refractivity contribution in [3.05, 3.63) is 35.4 Å². The molecule has 70 valence electrons. The van der Waals surface area contributed by atoms with Crippen LogP contribution in [0.25, 0.3) is 0 Å². The second kappa shape index (κ2) is 3.12. The van der Waals surface area contributed by atoms with Gasteiger partial charge in [0, 0.05) is 5.56 Å². The van der Waals surface area contributed by atoms with E-state index in [0.29, 0.717) is 0 Å². The molecular weight excluding hydrogens is 176 g/mol. The van der Waals surface area contributed by atoms with E-state index in [1.807, 2.05) is 0 Å². The Kier molecular flexibility index (Phi) is 2.32. The minimum Gasteiger partial charge on any atom is -0.364 e. The summed E-state index contributed by atoms with van der Waals surface area (Å²) in [5.41, 5.74) is 5.03. The Labute approximate surface area is 74.4 Å². The normalized spacial score (nSPS) is 11.3. The molecule has 0 radical (unpaired) electrons. The highest BCUT2D eigenvalue weighted by atomic mass is 19.3. The molecule has 1 rings (SSSR count). The summed E-state index contributed by atoms with van der Waals surface area (Å²) in [5, 5.41) is 0. The number of aryl methyl sites for hydroxylation is 1. The third kappa shape index (κ3) is 1.83. The van der Waals surface area contributed by atoms with Gasteiger partial charge >= 0.3 is 5.92 Å². The van der Waals surface area contributed by atoms with E-state index in [2.05, 4.69) is 5.73 Å². The summed E-state index contributed by atoms with van der Waals surface area (Å²) in [7, 11) is 0. The Morgan fingerprint density at radius 1 is 1.31 bits per heavy atom. The Balaban J connectivity index is 3.08. The molecule has 0 aliphatic carbocycles. The van der Waals surface area contributed by atoms with Gasteiger partial charge in [-0.15, -0.1) is 0 Å². The lowest BCUT2D eigenvalue weighted by Crippen LogP contribution is -2.32. The van der Waals surface area contributed by atoms with Crippen LogP contribution in [-0.2, 0) is 10.7 Å². The number of nitrogens with two attached hydrogens (primary N) is 1. The van der Waals surface area contributed by atoms with Gasteiger partial charge in [0.25, 0.3) is 5.91 Å². The number of rotatable bonds is 2. The third-order valence-corrected chi connectivity index (χ3v) is 1.72. The summed E-state index contributed by atoms with van der Waals surface area (Å²) in [5.74, 6) is -5.20. The first-order valence-electron chi connectivity index (χ1n) is 3.69. The van der Waals surface area contributed by atoms with E-state index in [0.717, 1.165) is 5.56 Å². The molecule has 4 heteroatoms. The van der Waals surface area contributed by atoms with Gasteiger partial charge in [0.15, 0.2) is 0 Å². The lowest BCUT2D eigenvalue weighted by Gasteiger charge is -2.11. The minimum absolute atomic E-state index is 0.370. The molecule has 1 aromatic rings. The van der Waals surface area contributed by atoms with Crippen molar-refractivity contribution in [2.24, 2.45) is 5.73 Å². The van der Waals surface area contributed by atoms with Crippen LogP contribution in [0.1, 0.15) is 11.1 Å². The zero-order valence-electron chi connectivity index (χ0n) is 7.05. The molecule has 0 aliphatic rings. The Morgan fingerprint density at radius 3 is 2.15 bits per heavy atom.